The minimum Gasteiger partial charge on any atom is -0.309 e. The molecule has 2 unspecified atom stereocenters. The van der Waals surface area contributed by atoms with Crippen LogP contribution in [0.25, 0.3) is 0 Å². The number of benzene rings is 1. The summed E-state index contributed by atoms with van der Waals surface area (Å²) in [6.07, 6.45) is 3.63. The summed E-state index contributed by atoms with van der Waals surface area (Å²) in [5.74, 6) is 1.24. The van der Waals surface area contributed by atoms with Crippen molar-refractivity contribution in [2.24, 2.45) is 0 Å². The van der Waals surface area contributed by atoms with E-state index < -0.39 is 0 Å². The zero-order chi connectivity index (χ0) is 13.9. The van der Waals surface area contributed by atoms with Gasteiger partial charge in [0.05, 0.1) is 10.0 Å². The highest BCUT2D eigenvalue weighted by Gasteiger charge is 2.39. The molecule has 0 aromatic heterocycles. The summed E-state index contributed by atoms with van der Waals surface area (Å²) in [7, 11) is 0. The SMILES string of the molecule is CCCNC(c1cccc(Cl)c1Cl)C1(C)CCCS1. The van der Waals surface area contributed by atoms with E-state index in [2.05, 4.69) is 25.2 Å². The van der Waals surface area contributed by atoms with Crippen LogP contribution in [0.15, 0.2) is 18.2 Å². The van der Waals surface area contributed by atoms with Crippen molar-refractivity contribution < 1.29 is 0 Å². The molecule has 2 rings (SSSR count). The quantitative estimate of drug-likeness (QED) is 0.788. The van der Waals surface area contributed by atoms with E-state index in [1.807, 2.05) is 23.9 Å². The molecule has 0 aliphatic carbocycles. The van der Waals surface area contributed by atoms with Gasteiger partial charge in [-0.1, -0.05) is 42.3 Å². The molecule has 19 heavy (non-hydrogen) atoms. The van der Waals surface area contributed by atoms with Crippen molar-refractivity contribution in [2.75, 3.05) is 12.3 Å². The Morgan fingerprint density at radius 3 is 2.84 bits per heavy atom. The molecule has 4 heteroatoms. The van der Waals surface area contributed by atoms with Gasteiger partial charge in [0.2, 0.25) is 0 Å². The van der Waals surface area contributed by atoms with Gasteiger partial charge in [-0.3, -0.25) is 0 Å². The minimum atomic E-state index is 0.212. The van der Waals surface area contributed by atoms with Gasteiger partial charge in [0, 0.05) is 10.8 Å². The Hall–Kier alpha value is 0.110. The number of thioether (sulfide) groups is 1. The third-order valence-electron chi connectivity index (χ3n) is 3.75. The Morgan fingerprint density at radius 1 is 1.42 bits per heavy atom. The predicted molar refractivity (Wildman–Crippen MR) is 87.6 cm³/mol. The van der Waals surface area contributed by atoms with Crippen LogP contribution in [-0.4, -0.2) is 17.0 Å². The Bertz CT molecular complexity index is 430. The molecule has 0 saturated carbocycles. The molecule has 1 saturated heterocycles. The number of hydrogen-bond donors (Lipinski definition) is 1. The first kappa shape index (κ1) is 15.5. The first-order chi connectivity index (χ1) is 9.08. The van der Waals surface area contributed by atoms with Gasteiger partial charge in [-0.2, -0.15) is 11.8 Å². The van der Waals surface area contributed by atoms with Gasteiger partial charge in [-0.05, 0) is 50.1 Å². The highest BCUT2D eigenvalue weighted by molar-refractivity contribution is 8.00. The summed E-state index contributed by atoms with van der Waals surface area (Å²) in [5.41, 5.74) is 1.14. The van der Waals surface area contributed by atoms with Gasteiger partial charge in [0.25, 0.3) is 0 Å². The van der Waals surface area contributed by atoms with E-state index in [1.165, 1.54) is 18.6 Å². The standard InChI is InChI=1S/C15H21Cl2NS/c1-3-9-18-14(15(2)8-5-10-19-15)11-6-4-7-12(16)13(11)17/h4,6-7,14,18H,3,5,8-10H2,1-2H3. The summed E-state index contributed by atoms with van der Waals surface area (Å²) < 4.78 is 0.212. The highest BCUT2D eigenvalue weighted by atomic mass is 35.5. The third-order valence-corrected chi connectivity index (χ3v) is 6.18. The highest BCUT2D eigenvalue weighted by Crippen LogP contribution is 2.48. The van der Waals surface area contributed by atoms with E-state index in [0.717, 1.165) is 18.5 Å². The van der Waals surface area contributed by atoms with Crippen LogP contribution in [0.3, 0.4) is 0 Å². The zero-order valence-corrected chi connectivity index (χ0v) is 13.8. The Kier molecular flexibility index (Phi) is 5.47. The Labute approximate surface area is 130 Å². The maximum atomic E-state index is 6.43. The van der Waals surface area contributed by atoms with Crippen molar-refractivity contribution in [2.45, 2.75) is 43.9 Å². The number of rotatable bonds is 5. The van der Waals surface area contributed by atoms with E-state index in [1.54, 1.807) is 0 Å². The lowest BCUT2D eigenvalue weighted by Crippen LogP contribution is -2.38. The van der Waals surface area contributed by atoms with Crippen LogP contribution in [0.5, 0.6) is 0 Å². The van der Waals surface area contributed by atoms with Crippen LogP contribution < -0.4 is 5.32 Å². The summed E-state index contributed by atoms with van der Waals surface area (Å²) in [6.45, 7) is 5.53. The first-order valence-electron chi connectivity index (χ1n) is 6.90. The van der Waals surface area contributed by atoms with Gasteiger partial charge < -0.3 is 5.32 Å². The molecule has 1 nitrogen and oxygen atoms in total. The summed E-state index contributed by atoms with van der Waals surface area (Å²) in [6, 6.07) is 6.22. The molecule has 1 N–H and O–H groups in total. The van der Waals surface area contributed by atoms with Crippen LogP contribution >= 0.6 is 35.0 Å². The van der Waals surface area contributed by atoms with Crippen molar-refractivity contribution in [3.63, 3.8) is 0 Å². The first-order valence-corrected chi connectivity index (χ1v) is 8.64. The number of nitrogens with one attached hydrogen (secondary N) is 1. The van der Waals surface area contributed by atoms with E-state index >= 15 is 0 Å². The van der Waals surface area contributed by atoms with Crippen LogP contribution in [0.1, 0.15) is 44.7 Å². The lowest BCUT2D eigenvalue weighted by molar-refractivity contribution is 0.413. The maximum Gasteiger partial charge on any atom is 0.0640 e. The molecule has 0 bridgehead atoms. The van der Waals surface area contributed by atoms with E-state index in [4.69, 9.17) is 23.2 Å². The lowest BCUT2D eigenvalue weighted by Gasteiger charge is -2.35. The molecular formula is C15H21Cl2NS. The second-order valence-corrected chi connectivity index (χ2v) is 7.71. The van der Waals surface area contributed by atoms with Crippen LogP contribution in [0.2, 0.25) is 10.0 Å². The summed E-state index contributed by atoms with van der Waals surface area (Å²) in [4.78, 5) is 0. The molecule has 1 aromatic rings. The zero-order valence-electron chi connectivity index (χ0n) is 11.5. The molecule has 2 atom stereocenters. The van der Waals surface area contributed by atoms with Gasteiger partial charge in [-0.15, -0.1) is 0 Å². The van der Waals surface area contributed by atoms with E-state index in [0.29, 0.717) is 10.0 Å². The van der Waals surface area contributed by atoms with Gasteiger partial charge >= 0.3 is 0 Å². The molecule has 0 spiro atoms. The fourth-order valence-corrected chi connectivity index (χ4v) is 4.55. The molecule has 1 heterocycles. The Morgan fingerprint density at radius 2 is 2.21 bits per heavy atom. The van der Waals surface area contributed by atoms with Gasteiger partial charge in [-0.25, -0.2) is 0 Å². The fraction of sp³-hybridized carbons (Fsp3) is 0.600. The van der Waals surface area contributed by atoms with Crippen LogP contribution in [0.4, 0.5) is 0 Å². The van der Waals surface area contributed by atoms with Crippen molar-refractivity contribution in [1.29, 1.82) is 0 Å². The molecule has 106 valence electrons. The topological polar surface area (TPSA) is 12.0 Å². The predicted octanol–water partition coefficient (Wildman–Crippen LogP) is 5.32. The minimum absolute atomic E-state index is 0.212. The molecule has 1 aromatic carbocycles. The van der Waals surface area contributed by atoms with Crippen molar-refractivity contribution in [3.8, 4) is 0 Å². The Balaban J connectivity index is 2.34. The molecule has 0 amide bonds. The second kappa shape index (κ2) is 6.71. The normalized spacial score (nSPS) is 24.6. The maximum absolute atomic E-state index is 6.43. The fourth-order valence-electron chi connectivity index (χ4n) is 2.72. The molecule has 0 radical (unpaired) electrons. The molecule has 1 fully saturated rings. The van der Waals surface area contributed by atoms with Crippen LogP contribution in [-0.2, 0) is 0 Å². The largest absolute Gasteiger partial charge is 0.309 e. The smallest absolute Gasteiger partial charge is 0.0640 e. The average Bonchev–Trinajstić information content (AvgIpc) is 2.82. The lowest BCUT2D eigenvalue weighted by atomic mass is 9.90. The van der Waals surface area contributed by atoms with E-state index in [-0.39, 0.29) is 10.8 Å². The van der Waals surface area contributed by atoms with Crippen molar-refractivity contribution in [3.05, 3.63) is 33.8 Å². The average molecular weight is 318 g/mol. The second-order valence-electron chi connectivity index (χ2n) is 5.29. The van der Waals surface area contributed by atoms with E-state index in [9.17, 15) is 0 Å². The van der Waals surface area contributed by atoms with Gasteiger partial charge in [0.1, 0.15) is 0 Å². The third kappa shape index (κ3) is 3.41. The molecule has 1 aliphatic rings. The molecule has 1 aliphatic heterocycles. The van der Waals surface area contributed by atoms with Crippen LogP contribution in [0, 0.1) is 0 Å². The summed E-state index contributed by atoms with van der Waals surface area (Å²) in [5, 5.41) is 5.02. The van der Waals surface area contributed by atoms with Gasteiger partial charge in [0.15, 0.2) is 0 Å². The summed E-state index contributed by atoms with van der Waals surface area (Å²) >= 11 is 14.7. The molecular weight excluding hydrogens is 297 g/mol. The van der Waals surface area contributed by atoms with Crippen molar-refractivity contribution >= 4 is 35.0 Å². The number of hydrogen-bond acceptors (Lipinski definition) is 2. The number of halogens is 2. The van der Waals surface area contributed by atoms with Crippen molar-refractivity contribution in [1.82, 2.24) is 5.32 Å². The monoisotopic (exact) mass is 317 g/mol.